The van der Waals surface area contributed by atoms with Crippen molar-refractivity contribution < 1.29 is 13.9 Å². The smallest absolute Gasteiger partial charge is 0.273 e. The zero-order chi connectivity index (χ0) is 16.2. The molecule has 0 radical (unpaired) electrons. The summed E-state index contributed by atoms with van der Waals surface area (Å²) < 4.78 is 20.8. The predicted octanol–water partition coefficient (Wildman–Crippen LogP) is 1.94. The first-order chi connectivity index (χ1) is 11.1. The van der Waals surface area contributed by atoms with Crippen molar-refractivity contribution in [3.8, 4) is 0 Å². The summed E-state index contributed by atoms with van der Waals surface area (Å²) in [7, 11) is 0. The van der Waals surface area contributed by atoms with E-state index in [1.165, 1.54) is 16.9 Å². The second kappa shape index (κ2) is 6.87. The fourth-order valence-corrected chi connectivity index (χ4v) is 2.63. The quantitative estimate of drug-likeness (QED) is 0.914. The van der Waals surface area contributed by atoms with Crippen molar-refractivity contribution in [1.29, 1.82) is 0 Å². The maximum absolute atomic E-state index is 13.8. The monoisotopic (exact) mass is 318 g/mol. The van der Waals surface area contributed by atoms with Crippen molar-refractivity contribution in [3.05, 3.63) is 47.5 Å². The minimum atomic E-state index is -0.344. The van der Waals surface area contributed by atoms with Gasteiger partial charge in [-0.15, -0.1) is 5.10 Å². The van der Waals surface area contributed by atoms with Crippen LogP contribution in [0.2, 0.25) is 0 Å². The highest BCUT2D eigenvalue weighted by molar-refractivity contribution is 5.91. The molecule has 3 rings (SSSR count). The molecular formula is C16H19FN4O2. The number of nitrogens with one attached hydrogen (secondary N) is 1. The molecule has 0 spiro atoms. The van der Waals surface area contributed by atoms with Gasteiger partial charge in [0.1, 0.15) is 5.82 Å². The highest BCUT2D eigenvalue weighted by Gasteiger charge is 2.19. The summed E-state index contributed by atoms with van der Waals surface area (Å²) in [4.78, 5) is 12.1. The number of hydrogen-bond acceptors (Lipinski definition) is 4. The molecule has 1 aliphatic rings. The molecule has 1 aromatic carbocycles. The molecule has 1 fully saturated rings. The largest absolute Gasteiger partial charge is 0.376 e. The Hall–Kier alpha value is -2.28. The molecule has 122 valence electrons. The molecule has 2 aromatic rings. The molecule has 2 atom stereocenters. The Kier molecular flexibility index (Phi) is 4.66. The molecule has 23 heavy (non-hydrogen) atoms. The van der Waals surface area contributed by atoms with Gasteiger partial charge in [0, 0.05) is 18.7 Å². The molecule has 2 heterocycles. The van der Waals surface area contributed by atoms with Crippen LogP contribution < -0.4 is 5.32 Å². The van der Waals surface area contributed by atoms with Crippen LogP contribution in [-0.2, 0) is 4.74 Å². The molecule has 1 saturated heterocycles. The van der Waals surface area contributed by atoms with Crippen molar-refractivity contribution in [2.75, 3.05) is 13.2 Å². The number of hydrogen-bond donors (Lipinski definition) is 1. The average molecular weight is 318 g/mol. The van der Waals surface area contributed by atoms with Crippen molar-refractivity contribution in [2.24, 2.45) is 0 Å². The standard InChI is InChI=1S/C16H19FN4O2/c1-11(13-6-2-3-7-14(13)17)21-10-15(19-20-21)16(22)18-9-12-5-4-8-23-12/h2-3,6-7,10-12H,4-5,8-9H2,1H3,(H,18,22). The molecule has 0 bridgehead atoms. The Morgan fingerprint density at radius 3 is 3.09 bits per heavy atom. The van der Waals surface area contributed by atoms with Gasteiger partial charge >= 0.3 is 0 Å². The minimum Gasteiger partial charge on any atom is -0.376 e. The van der Waals surface area contributed by atoms with Crippen LogP contribution in [0, 0.1) is 5.82 Å². The van der Waals surface area contributed by atoms with E-state index < -0.39 is 0 Å². The third-order valence-corrected chi connectivity index (χ3v) is 4.01. The maximum atomic E-state index is 13.8. The molecular weight excluding hydrogens is 299 g/mol. The number of ether oxygens (including phenoxy) is 1. The predicted molar refractivity (Wildman–Crippen MR) is 81.5 cm³/mol. The molecule has 1 aromatic heterocycles. The molecule has 2 unspecified atom stereocenters. The van der Waals surface area contributed by atoms with E-state index in [2.05, 4.69) is 15.6 Å². The summed E-state index contributed by atoms with van der Waals surface area (Å²) in [6.45, 7) is 3.02. The summed E-state index contributed by atoms with van der Waals surface area (Å²) in [5, 5.41) is 10.6. The number of carbonyl (C=O) groups excluding carboxylic acids is 1. The van der Waals surface area contributed by atoms with Gasteiger partial charge in [-0.3, -0.25) is 4.79 Å². The van der Waals surface area contributed by atoms with Gasteiger partial charge in [0.25, 0.3) is 5.91 Å². The lowest BCUT2D eigenvalue weighted by molar-refractivity contribution is 0.0853. The molecule has 6 nitrogen and oxygen atoms in total. The summed E-state index contributed by atoms with van der Waals surface area (Å²) in [5.74, 6) is -0.604. The van der Waals surface area contributed by atoms with E-state index in [9.17, 15) is 9.18 Å². The van der Waals surface area contributed by atoms with E-state index in [0.717, 1.165) is 19.4 Å². The highest BCUT2D eigenvalue weighted by Crippen LogP contribution is 2.19. The van der Waals surface area contributed by atoms with Gasteiger partial charge in [0.05, 0.1) is 18.3 Å². The van der Waals surface area contributed by atoms with Crippen LogP contribution >= 0.6 is 0 Å². The van der Waals surface area contributed by atoms with Crippen molar-refractivity contribution >= 4 is 5.91 Å². The summed E-state index contributed by atoms with van der Waals surface area (Å²) in [6.07, 6.45) is 3.59. The Morgan fingerprint density at radius 1 is 1.52 bits per heavy atom. The molecule has 1 aliphatic heterocycles. The van der Waals surface area contributed by atoms with E-state index in [1.807, 2.05) is 0 Å². The second-order valence-electron chi connectivity index (χ2n) is 5.63. The third kappa shape index (κ3) is 3.56. The van der Waals surface area contributed by atoms with E-state index in [4.69, 9.17) is 4.74 Å². The Balaban J connectivity index is 1.65. The SMILES string of the molecule is CC(c1ccccc1F)n1cc(C(=O)NCC2CCCO2)nn1. The summed E-state index contributed by atoms with van der Waals surface area (Å²) in [6, 6.07) is 6.15. The zero-order valence-electron chi connectivity index (χ0n) is 12.9. The van der Waals surface area contributed by atoms with Crippen LogP contribution in [-0.4, -0.2) is 40.2 Å². The van der Waals surface area contributed by atoms with Gasteiger partial charge < -0.3 is 10.1 Å². The minimum absolute atomic E-state index is 0.0753. The van der Waals surface area contributed by atoms with Crippen LogP contribution in [0.3, 0.4) is 0 Å². The lowest BCUT2D eigenvalue weighted by atomic mass is 10.1. The first kappa shape index (κ1) is 15.6. The van der Waals surface area contributed by atoms with Crippen LogP contribution in [0.5, 0.6) is 0 Å². The molecule has 0 aliphatic carbocycles. The maximum Gasteiger partial charge on any atom is 0.273 e. The molecule has 0 saturated carbocycles. The van der Waals surface area contributed by atoms with Gasteiger partial charge in [-0.1, -0.05) is 23.4 Å². The lowest BCUT2D eigenvalue weighted by Gasteiger charge is -2.12. The zero-order valence-corrected chi connectivity index (χ0v) is 12.9. The van der Waals surface area contributed by atoms with Crippen LogP contribution in [0.25, 0.3) is 0 Å². The number of nitrogens with zero attached hydrogens (tertiary/aromatic N) is 3. The summed E-state index contributed by atoms with van der Waals surface area (Å²) >= 11 is 0. The first-order valence-electron chi connectivity index (χ1n) is 7.71. The number of halogens is 1. The molecule has 1 amide bonds. The van der Waals surface area contributed by atoms with Crippen LogP contribution in [0.15, 0.2) is 30.5 Å². The van der Waals surface area contributed by atoms with E-state index in [0.29, 0.717) is 12.1 Å². The number of benzene rings is 1. The average Bonchev–Trinajstić information content (AvgIpc) is 3.24. The summed E-state index contributed by atoms with van der Waals surface area (Å²) in [5.41, 5.74) is 0.718. The number of carbonyl (C=O) groups is 1. The Morgan fingerprint density at radius 2 is 2.35 bits per heavy atom. The molecule has 1 N–H and O–H groups in total. The lowest BCUT2D eigenvalue weighted by Crippen LogP contribution is -2.32. The van der Waals surface area contributed by atoms with E-state index >= 15 is 0 Å². The number of rotatable bonds is 5. The Bertz CT molecular complexity index is 682. The third-order valence-electron chi connectivity index (χ3n) is 4.01. The fourth-order valence-electron chi connectivity index (χ4n) is 2.63. The normalized spacial score (nSPS) is 18.8. The van der Waals surface area contributed by atoms with Gasteiger partial charge in [-0.25, -0.2) is 9.07 Å². The molecule has 7 heteroatoms. The van der Waals surface area contributed by atoms with E-state index in [-0.39, 0.29) is 29.6 Å². The van der Waals surface area contributed by atoms with Gasteiger partial charge in [-0.2, -0.15) is 0 Å². The number of amides is 1. The Labute approximate surface area is 133 Å². The van der Waals surface area contributed by atoms with Gasteiger partial charge in [-0.05, 0) is 25.8 Å². The topological polar surface area (TPSA) is 69.0 Å². The van der Waals surface area contributed by atoms with Crippen molar-refractivity contribution in [1.82, 2.24) is 20.3 Å². The van der Waals surface area contributed by atoms with Crippen molar-refractivity contribution in [2.45, 2.75) is 31.9 Å². The fraction of sp³-hybridized carbons (Fsp3) is 0.438. The first-order valence-corrected chi connectivity index (χ1v) is 7.71. The van der Waals surface area contributed by atoms with Gasteiger partial charge in [0.2, 0.25) is 0 Å². The van der Waals surface area contributed by atoms with Crippen LogP contribution in [0.1, 0.15) is 41.9 Å². The highest BCUT2D eigenvalue weighted by atomic mass is 19.1. The van der Waals surface area contributed by atoms with Crippen molar-refractivity contribution in [3.63, 3.8) is 0 Å². The number of aromatic nitrogens is 3. The van der Waals surface area contributed by atoms with Gasteiger partial charge in [0.15, 0.2) is 5.69 Å². The van der Waals surface area contributed by atoms with Crippen LogP contribution in [0.4, 0.5) is 4.39 Å². The second-order valence-corrected chi connectivity index (χ2v) is 5.63. The van der Waals surface area contributed by atoms with E-state index in [1.54, 1.807) is 25.1 Å².